The maximum atomic E-state index is 11.6. The lowest BCUT2D eigenvalue weighted by Crippen LogP contribution is -2.13. The standard InChI is InChI=1S/C15H19NO2/c1-10(13-8-6-5-7-9-13)15(18)14(12(3)17)11(2)16-4/h5-10,18H,1-4H3/b15-14-,16-11?. The maximum Gasteiger partial charge on any atom is 0.165 e. The van der Waals surface area contributed by atoms with Gasteiger partial charge in [0.05, 0.1) is 5.57 Å². The van der Waals surface area contributed by atoms with Gasteiger partial charge < -0.3 is 5.11 Å². The van der Waals surface area contributed by atoms with Crippen LogP contribution in [0.15, 0.2) is 46.7 Å². The predicted octanol–water partition coefficient (Wildman–Crippen LogP) is 3.28. The van der Waals surface area contributed by atoms with Gasteiger partial charge >= 0.3 is 0 Å². The average molecular weight is 245 g/mol. The van der Waals surface area contributed by atoms with Crippen molar-refractivity contribution in [3.63, 3.8) is 0 Å². The lowest BCUT2D eigenvalue weighted by Gasteiger charge is -2.15. The van der Waals surface area contributed by atoms with Gasteiger partial charge in [0.2, 0.25) is 0 Å². The number of aliphatic hydroxyl groups excluding tert-OH is 1. The Morgan fingerprint density at radius 2 is 1.78 bits per heavy atom. The van der Waals surface area contributed by atoms with E-state index in [2.05, 4.69) is 4.99 Å². The molecule has 3 heteroatoms. The fourth-order valence-electron chi connectivity index (χ4n) is 1.85. The van der Waals surface area contributed by atoms with E-state index in [9.17, 15) is 9.90 Å². The highest BCUT2D eigenvalue weighted by Gasteiger charge is 2.19. The molecular weight excluding hydrogens is 226 g/mol. The Balaban J connectivity index is 3.24. The van der Waals surface area contributed by atoms with Crippen molar-refractivity contribution in [1.82, 2.24) is 0 Å². The largest absolute Gasteiger partial charge is 0.511 e. The van der Waals surface area contributed by atoms with Crippen LogP contribution in [0.5, 0.6) is 0 Å². The number of allylic oxidation sites excluding steroid dienone is 2. The molecule has 0 radical (unpaired) electrons. The van der Waals surface area contributed by atoms with E-state index in [1.54, 1.807) is 14.0 Å². The summed E-state index contributed by atoms with van der Waals surface area (Å²) in [5.74, 6) is -0.308. The number of rotatable bonds is 4. The molecule has 3 nitrogen and oxygen atoms in total. The number of Topliss-reactive ketones (excluding diaryl/α,β-unsaturated/α-hetero) is 1. The molecule has 18 heavy (non-hydrogen) atoms. The normalized spacial score (nSPS) is 15.0. The highest BCUT2D eigenvalue weighted by Crippen LogP contribution is 2.25. The average Bonchev–Trinajstić information content (AvgIpc) is 2.38. The molecule has 0 spiro atoms. The Hall–Kier alpha value is -1.90. The van der Waals surface area contributed by atoms with Crippen LogP contribution in [0.3, 0.4) is 0 Å². The molecule has 0 aliphatic rings. The molecule has 0 aromatic heterocycles. The van der Waals surface area contributed by atoms with Gasteiger partial charge in [-0.05, 0) is 19.4 Å². The molecule has 0 amide bonds. The van der Waals surface area contributed by atoms with E-state index in [1.807, 2.05) is 37.3 Å². The van der Waals surface area contributed by atoms with E-state index in [4.69, 9.17) is 0 Å². The first kappa shape index (κ1) is 14.2. The number of carbonyl (C=O) groups is 1. The zero-order chi connectivity index (χ0) is 13.7. The number of ketones is 1. The van der Waals surface area contributed by atoms with Crippen LogP contribution in [0, 0.1) is 0 Å². The summed E-state index contributed by atoms with van der Waals surface area (Å²) < 4.78 is 0. The minimum absolute atomic E-state index is 0.0804. The SMILES string of the molecule is CN=C(C)/C(C(C)=O)=C(/O)C(C)c1ccccc1. The lowest BCUT2D eigenvalue weighted by atomic mass is 9.93. The first-order valence-electron chi connectivity index (χ1n) is 5.91. The molecule has 1 rings (SSSR count). The minimum Gasteiger partial charge on any atom is -0.511 e. The van der Waals surface area contributed by atoms with Crippen LogP contribution < -0.4 is 0 Å². The number of hydrogen-bond donors (Lipinski definition) is 1. The van der Waals surface area contributed by atoms with Gasteiger partial charge in [-0.25, -0.2) is 0 Å². The van der Waals surface area contributed by atoms with Gasteiger partial charge in [0.15, 0.2) is 5.78 Å². The summed E-state index contributed by atoms with van der Waals surface area (Å²) in [6.07, 6.45) is 0. The summed E-state index contributed by atoms with van der Waals surface area (Å²) in [5, 5.41) is 10.3. The number of benzene rings is 1. The molecule has 0 fully saturated rings. The van der Waals surface area contributed by atoms with Crippen molar-refractivity contribution in [2.45, 2.75) is 26.7 Å². The second-order valence-corrected chi connectivity index (χ2v) is 4.26. The molecule has 0 aliphatic carbocycles. The van der Waals surface area contributed by atoms with Gasteiger partial charge in [-0.3, -0.25) is 9.79 Å². The predicted molar refractivity (Wildman–Crippen MR) is 74.2 cm³/mol. The van der Waals surface area contributed by atoms with Crippen molar-refractivity contribution in [3.8, 4) is 0 Å². The van der Waals surface area contributed by atoms with E-state index < -0.39 is 0 Å². The van der Waals surface area contributed by atoms with Crippen molar-refractivity contribution in [2.24, 2.45) is 4.99 Å². The van der Waals surface area contributed by atoms with Gasteiger partial charge in [-0.1, -0.05) is 37.3 Å². The van der Waals surface area contributed by atoms with Crippen LogP contribution in [0.4, 0.5) is 0 Å². The van der Waals surface area contributed by atoms with Gasteiger partial charge in [-0.2, -0.15) is 0 Å². The molecule has 0 heterocycles. The molecule has 1 aromatic carbocycles. The van der Waals surface area contributed by atoms with E-state index in [0.29, 0.717) is 11.3 Å². The number of hydrogen-bond acceptors (Lipinski definition) is 3. The first-order chi connectivity index (χ1) is 8.49. The van der Waals surface area contributed by atoms with Crippen molar-refractivity contribution in [3.05, 3.63) is 47.2 Å². The molecule has 1 aromatic rings. The molecule has 1 atom stereocenters. The quantitative estimate of drug-likeness (QED) is 0.502. The smallest absolute Gasteiger partial charge is 0.165 e. The fourth-order valence-corrected chi connectivity index (χ4v) is 1.85. The highest BCUT2D eigenvalue weighted by atomic mass is 16.3. The Bertz CT molecular complexity index is 486. The molecule has 0 aliphatic heterocycles. The zero-order valence-electron chi connectivity index (χ0n) is 11.3. The molecule has 96 valence electrons. The zero-order valence-corrected chi connectivity index (χ0v) is 11.3. The maximum absolute atomic E-state index is 11.6. The van der Waals surface area contributed by atoms with Crippen LogP contribution in [-0.2, 0) is 4.79 Å². The van der Waals surface area contributed by atoms with E-state index in [-0.39, 0.29) is 17.5 Å². The van der Waals surface area contributed by atoms with Crippen molar-refractivity contribution < 1.29 is 9.90 Å². The second-order valence-electron chi connectivity index (χ2n) is 4.26. The van der Waals surface area contributed by atoms with Crippen molar-refractivity contribution in [1.29, 1.82) is 0 Å². The van der Waals surface area contributed by atoms with Crippen LogP contribution in [0.2, 0.25) is 0 Å². The number of aliphatic hydroxyl groups is 1. The van der Waals surface area contributed by atoms with E-state index in [0.717, 1.165) is 5.56 Å². The third-order valence-corrected chi connectivity index (χ3v) is 3.02. The number of aliphatic imine (C=N–C) groups is 1. The third-order valence-electron chi connectivity index (χ3n) is 3.02. The Labute approximate surface area is 108 Å². The summed E-state index contributed by atoms with van der Waals surface area (Å²) >= 11 is 0. The van der Waals surface area contributed by atoms with Crippen LogP contribution in [-0.4, -0.2) is 23.6 Å². The topological polar surface area (TPSA) is 49.7 Å². The Morgan fingerprint density at radius 3 is 2.22 bits per heavy atom. The van der Waals surface area contributed by atoms with Crippen LogP contribution >= 0.6 is 0 Å². The Morgan fingerprint density at radius 1 is 1.22 bits per heavy atom. The minimum atomic E-state index is -0.221. The van der Waals surface area contributed by atoms with Gasteiger partial charge in [-0.15, -0.1) is 0 Å². The third kappa shape index (κ3) is 3.06. The highest BCUT2D eigenvalue weighted by molar-refractivity contribution is 6.21. The van der Waals surface area contributed by atoms with Crippen LogP contribution in [0.1, 0.15) is 32.3 Å². The monoisotopic (exact) mass is 245 g/mol. The van der Waals surface area contributed by atoms with Crippen molar-refractivity contribution >= 4 is 11.5 Å². The lowest BCUT2D eigenvalue weighted by molar-refractivity contribution is -0.113. The fraction of sp³-hybridized carbons (Fsp3) is 0.333. The molecule has 0 saturated heterocycles. The molecule has 0 bridgehead atoms. The van der Waals surface area contributed by atoms with Gasteiger partial charge in [0.1, 0.15) is 5.76 Å². The number of carbonyl (C=O) groups excluding carboxylic acids is 1. The summed E-state index contributed by atoms with van der Waals surface area (Å²) in [6.45, 7) is 5.04. The summed E-state index contributed by atoms with van der Waals surface area (Å²) in [5.41, 5.74) is 1.84. The molecule has 1 unspecified atom stereocenters. The van der Waals surface area contributed by atoms with Gasteiger partial charge in [0.25, 0.3) is 0 Å². The molecule has 0 saturated carbocycles. The van der Waals surface area contributed by atoms with E-state index >= 15 is 0 Å². The summed E-state index contributed by atoms with van der Waals surface area (Å²) in [7, 11) is 1.61. The van der Waals surface area contributed by atoms with Crippen molar-refractivity contribution in [2.75, 3.05) is 7.05 Å². The van der Waals surface area contributed by atoms with E-state index in [1.165, 1.54) is 6.92 Å². The second kappa shape index (κ2) is 6.15. The molecule has 1 N–H and O–H groups in total. The van der Waals surface area contributed by atoms with Crippen LogP contribution in [0.25, 0.3) is 0 Å². The Kier molecular flexibility index (Phi) is 4.84. The molecular formula is C15H19NO2. The first-order valence-corrected chi connectivity index (χ1v) is 5.91. The summed E-state index contributed by atoms with van der Waals surface area (Å²) in [6, 6.07) is 9.59. The summed E-state index contributed by atoms with van der Waals surface area (Å²) in [4.78, 5) is 15.6. The number of nitrogens with zero attached hydrogens (tertiary/aromatic N) is 1. The van der Waals surface area contributed by atoms with Gasteiger partial charge in [0, 0.05) is 18.7 Å².